The van der Waals surface area contributed by atoms with Gasteiger partial charge in [-0.1, -0.05) is 6.07 Å². The van der Waals surface area contributed by atoms with Crippen LogP contribution in [0.15, 0.2) is 26.2 Å². The molecule has 0 spiro atoms. The van der Waals surface area contributed by atoms with Gasteiger partial charge in [-0.2, -0.15) is 0 Å². The topological polar surface area (TPSA) is 65.7 Å². The second-order valence-corrected chi connectivity index (χ2v) is 3.88. The van der Waals surface area contributed by atoms with Crippen molar-refractivity contribution >= 4 is 27.0 Å². The van der Waals surface area contributed by atoms with Crippen LogP contribution in [-0.2, 0) is 0 Å². The van der Waals surface area contributed by atoms with Crippen molar-refractivity contribution in [2.24, 2.45) is 0 Å². The van der Waals surface area contributed by atoms with E-state index in [1.807, 2.05) is 19.1 Å². The molecule has 1 heterocycles. The van der Waals surface area contributed by atoms with Crippen molar-refractivity contribution in [1.82, 2.24) is 9.97 Å². The van der Waals surface area contributed by atoms with Crippen molar-refractivity contribution in [3.63, 3.8) is 0 Å². The maximum Gasteiger partial charge on any atom is 0.314 e. The van der Waals surface area contributed by atoms with Gasteiger partial charge in [0.05, 0.1) is 11.0 Å². The van der Waals surface area contributed by atoms with Gasteiger partial charge in [-0.05, 0) is 34.5 Å². The van der Waals surface area contributed by atoms with Crippen molar-refractivity contribution in [2.75, 3.05) is 0 Å². The Balaban J connectivity index is 3.09. The van der Waals surface area contributed by atoms with Crippen molar-refractivity contribution in [3.8, 4) is 0 Å². The molecular formula is C9H7BrN2O2. The summed E-state index contributed by atoms with van der Waals surface area (Å²) in [5.74, 6) is 0. The second kappa shape index (κ2) is 3.09. The highest BCUT2D eigenvalue weighted by atomic mass is 79.9. The number of nitrogens with one attached hydrogen (secondary N) is 2. The average molecular weight is 255 g/mol. The lowest BCUT2D eigenvalue weighted by molar-refractivity contribution is 1.13. The lowest BCUT2D eigenvalue weighted by atomic mass is 10.2. The molecule has 5 heteroatoms. The molecule has 2 aromatic rings. The summed E-state index contributed by atoms with van der Waals surface area (Å²) in [6, 6.07) is 3.69. The summed E-state index contributed by atoms with van der Waals surface area (Å²) in [5, 5.41) is 0. The van der Waals surface area contributed by atoms with Crippen LogP contribution >= 0.6 is 15.9 Å². The minimum absolute atomic E-state index is 0.620. The van der Waals surface area contributed by atoms with E-state index in [0.717, 1.165) is 10.0 Å². The highest BCUT2D eigenvalue weighted by molar-refractivity contribution is 9.10. The van der Waals surface area contributed by atoms with Crippen LogP contribution in [-0.4, -0.2) is 9.97 Å². The molecule has 0 aliphatic carbocycles. The summed E-state index contributed by atoms with van der Waals surface area (Å²) in [5.41, 5.74) is 0.928. The Morgan fingerprint density at radius 2 is 1.64 bits per heavy atom. The molecule has 2 N–H and O–H groups in total. The fraction of sp³-hybridized carbons (Fsp3) is 0.111. The number of aryl methyl sites for hydroxylation is 1. The predicted molar refractivity (Wildman–Crippen MR) is 57.6 cm³/mol. The number of H-pyrrole nitrogens is 2. The first-order chi connectivity index (χ1) is 6.59. The number of aromatic nitrogens is 2. The van der Waals surface area contributed by atoms with E-state index in [1.165, 1.54) is 0 Å². The van der Waals surface area contributed by atoms with Crippen LogP contribution < -0.4 is 11.1 Å². The average Bonchev–Trinajstić information content (AvgIpc) is 2.15. The van der Waals surface area contributed by atoms with E-state index in [2.05, 4.69) is 25.9 Å². The smallest absolute Gasteiger partial charge is 0.314 e. The number of fused-ring (bicyclic) bond motifs is 1. The number of halogens is 1. The molecule has 0 saturated carbocycles. The Morgan fingerprint density at radius 3 is 2.29 bits per heavy atom. The van der Waals surface area contributed by atoms with Crippen LogP contribution in [0.4, 0.5) is 0 Å². The van der Waals surface area contributed by atoms with E-state index in [1.54, 1.807) is 0 Å². The summed E-state index contributed by atoms with van der Waals surface area (Å²) >= 11 is 3.30. The highest BCUT2D eigenvalue weighted by Gasteiger charge is 2.04. The summed E-state index contributed by atoms with van der Waals surface area (Å²) in [4.78, 5) is 27.2. The molecule has 0 radical (unpaired) electrons. The predicted octanol–water partition coefficient (Wildman–Crippen LogP) is 1.29. The molecule has 0 amide bonds. The third-order valence-electron chi connectivity index (χ3n) is 2.05. The summed E-state index contributed by atoms with van der Waals surface area (Å²) in [6.07, 6.45) is 0. The van der Waals surface area contributed by atoms with Crippen molar-refractivity contribution < 1.29 is 0 Å². The molecule has 4 nitrogen and oxygen atoms in total. The Labute approximate surface area is 87.1 Å². The fourth-order valence-corrected chi connectivity index (χ4v) is 1.73. The van der Waals surface area contributed by atoms with Gasteiger partial charge in [-0.25, -0.2) is 0 Å². The molecule has 0 fully saturated rings. The van der Waals surface area contributed by atoms with E-state index in [4.69, 9.17) is 0 Å². The third kappa shape index (κ3) is 1.29. The van der Waals surface area contributed by atoms with Crippen LogP contribution in [0.2, 0.25) is 0 Å². The van der Waals surface area contributed by atoms with Gasteiger partial charge in [0, 0.05) is 4.47 Å². The molecule has 0 aliphatic rings. The largest absolute Gasteiger partial charge is 0.316 e. The lowest BCUT2D eigenvalue weighted by Crippen LogP contribution is -2.29. The monoisotopic (exact) mass is 254 g/mol. The third-order valence-corrected chi connectivity index (χ3v) is 2.71. The zero-order valence-electron chi connectivity index (χ0n) is 7.35. The van der Waals surface area contributed by atoms with E-state index in [9.17, 15) is 9.59 Å². The van der Waals surface area contributed by atoms with Crippen LogP contribution in [0, 0.1) is 6.92 Å². The molecular weight excluding hydrogens is 248 g/mol. The highest BCUT2D eigenvalue weighted by Crippen LogP contribution is 2.21. The minimum Gasteiger partial charge on any atom is -0.316 e. The summed E-state index contributed by atoms with van der Waals surface area (Å²) in [7, 11) is 0. The first-order valence-corrected chi connectivity index (χ1v) is 4.80. The molecule has 1 aromatic heterocycles. The Kier molecular flexibility index (Phi) is 2.03. The van der Waals surface area contributed by atoms with E-state index < -0.39 is 11.1 Å². The van der Waals surface area contributed by atoms with Crippen molar-refractivity contribution in [1.29, 1.82) is 0 Å². The maximum atomic E-state index is 11.1. The van der Waals surface area contributed by atoms with Gasteiger partial charge < -0.3 is 9.97 Å². The van der Waals surface area contributed by atoms with Gasteiger partial charge in [0.2, 0.25) is 0 Å². The lowest BCUT2D eigenvalue weighted by Gasteiger charge is -2.02. The second-order valence-electron chi connectivity index (χ2n) is 3.02. The zero-order chi connectivity index (χ0) is 10.3. The molecule has 1 aromatic carbocycles. The van der Waals surface area contributed by atoms with Gasteiger partial charge in [0.15, 0.2) is 0 Å². The first kappa shape index (κ1) is 9.21. The van der Waals surface area contributed by atoms with Gasteiger partial charge in [-0.3, -0.25) is 9.59 Å². The SMILES string of the molecule is Cc1ccc(Br)c2[nH]c(=O)c(=O)[nH]c12. The molecule has 0 bridgehead atoms. The number of hydrogen-bond donors (Lipinski definition) is 2. The molecule has 72 valence electrons. The van der Waals surface area contributed by atoms with E-state index >= 15 is 0 Å². The van der Waals surface area contributed by atoms with Crippen LogP contribution in [0.1, 0.15) is 5.56 Å². The Bertz CT molecular complexity index is 558. The molecule has 0 unspecified atom stereocenters. The quantitative estimate of drug-likeness (QED) is 0.696. The molecule has 14 heavy (non-hydrogen) atoms. The Morgan fingerprint density at radius 1 is 1.07 bits per heavy atom. The van der Waals surface area contributed by atoms with Crippen molar-refractivity contribution in [2.45, 2.75) is 6.92 Å². The standard InChI is InChI=1S/C9H7BrN2O2/c1-4-2-3-5(10)7-6(4)11-8(13)9(14)12-7/h2-3H,1H3,(H,11,13)(H,12,14). The molecule has 0 saturated heterocycles. The zero-order valence-corrected chi connectivity index (χ0v) is 8.94. The molecule has 0 aliphatic heterocycles. The fourth-order valence-electron chi connectivity index (χ4n) is 1.31. The number of aromatic amines is 2. The van der Waals surface area contributed by atoms with E-state index in [0.29, 0.717) is 11.0 Å². The number of hydrogen-bond acceptors (Lipinski definition) is 2. The van der Waals surface area contributed by atoms with Crippen molar-refractivity contribution in [3.05, 3.63) is 42.9 Å². The van der Waals surface area contributed by atoms with E-state index in [-0.39, 0.29) is 0 Å². The van der Waals surface area contributed by atoms with Crippen LogP contribution in [0.5, 0.6) is 0 Å². The normalized spacial score (nSPS) is 10.7. The number of rotatable bonds is 0. The van der Waals surface area contributed by atoms with Gasteiger partial charge in [-0.15, -0.1) is 0 Å². The van der Waals surface area contributed by atoms with Gasteiger partial charge in [0.1, 0.15) is 0 Å². The molecule has 2 rings (SSSR count). The first-order valence-electron chi connectivity index (χ1n) is 4.01. The van der Waals surface area contributed by atoms with Gasteiger partial charge in [0.25, 0.3) is 0 Å². The minimum atomic E-state index is -0.635. The number of benzene rings is 1. The maximum absolute atomic E-state index is 11.1. The van der Waals surface area contributed by atoms with Crippen LogP contribution in [0.25, 0.3) is 11.0 Å². The summed E-state index contributed by atoms with van der Waals surface area (Å²) < 4.78 is 0.756. The van der Waals surface area contributed by atoms with Crippen LogP contribution in [0.3, 0.4) is 0 Å². The van der Waals surface area contributed by atoms with Gasteiger partial charge >= 0.3 is 11.1 Å². The summed E-state index contributed by atoms with van der Waals surface area (Å²) in [6.45, 7) is 1.86. The Hall–Kier alpha value is -1.36. The molecule has 0 atom stereocenters.